The molecule has 0 N–H and O–H groups in total. The van der Waals surface area contributed by atoms with Crippen molar-refractivity contribution in [3.8, 4) is 5.75 Å². The van der Waals surface area contributed by atoms with Gasteiger partial charge in [0.15, 0.2) is 5.69 Å². The Balaban J connectivity index is 2.18. The predicted octanol–water partition coefficient (Wildman–Crippen LogP) is 3.42. The second kappa shape index (κ2) is 5.46. The number of benzene rings is 1. The number of nitrogens with zero attached hydrogens (tertiary/aromatic N) is 2. The van der Waals surface area contributed by atoms with E-state index in [0.29, 0.717) is 15.2 Å². The highest BCUT2D eigenvalue weighted by Crippen LogP contribution is 2.28. The molecule has 0 aliphatic carbocycles. The quantitative estimate of drug-likeness (QED) is 0.626. The molecule has 2 aromatic rings. The Bertz CT molecular complexity index is 587. The lowest BCUT2D eigenvalue weighted by atomic mass is 10.3. The molecule has 0 radical (unpaired) electrons. The third-order valence-electron chi connectivity index (χ3n) is 2.09. The number of aromatic nitrogens is 2. The van der Waals surface area contributed by atoms with Crippen LogP contribution >= 0.6 is 27.5 Å². The smallest absolute Gasteiger partial charge is 0.363 e. The SMILES string of the molecule is Cc1cnc(C(=O)Oc2ccc(Cl)cc2Br)cn1. The molecular weight excluding hydrogens is 320 g/mol. The highest BCUT2D eigenvalue weighted by molar-refractivity contribution is 9.10. The van der Waals surface area contributed by atoms with Crippen LogP contribution in [0.3, 0.4) is 0 Å². The Morgan fingerprint density at radius 3 is 2.72 bits per heavy atom. The van der Waals surface area contributed by atoms with Crippen molar-refractivity contribution < 1.29 is 9.53 Å². The van der Waals surface area contributed by atoms with Crippen molar-refractivity contribution in [2.24, 2.45) is 0 Å². The Kier molecular flexibility index (Phi) is 3.93. The number of hydrogen-bond acceptors (Lipinski definition) is 4. The van der Waals surface area contributed by atoms with Gasteiger partial charge >= 0.3 is 5.97 Å². The van der Waals surface area contributed by atoms with Crippen molar-refractivity contribution in [1.29, 1.82) is 0 Å². The molecule has 2 rings (SSSR count). The molecule has 1 heterocycles. The fourth-order valence-electron chi connectivity index (χ4n) is 1.21. The maximum Gasteiger partial charge on any atom is 0.363 e. The van der Waals surface area contributed by atoms with Gasteiger partial charge in [-0.2, -0.15) is 0 Å². The minimum Gasteiger partial charge on any atom is -0.421 e. The van der Waals surface area contributed by atoms with Gasteiger partial charge in [-0.15, -0.1) is 0 Å². The van der Waals surface area contributed by atoms with Crippen molar-refractivity contribution in [1.82, 2.24) is 9.97 Å². The number of aryl methyl sites for hydroxylation is 1. The number of esters is 1. The standard InChI is InChI=1S/C12H8BrClN2O2/c1-7-5-16-10(6-15-7)12(17)18-11-3-2-8(14)4-9(11)13/h2-6H,1H3. The molecule has 92 valence electrons. The Morgan fingerprint density at radius 2 is 2.11 bits per heavy atom. The van der Waals surface area contributed by atoms with Crippen molar-refractivity contribution in [2.45, 2.75) is 6.92 Å². The lowest BCUT2D eigenvalue weighted by Gasteiger charge is -2.05. The van der Waals surface area contributed by atoms with E-state index in [-0.39, 0.29) is 5.69 Å². The first kappa shape index (κ1) is 13.0. The summed E-state index contributed by atoms with van der Waals surface area (Å²) in [4.78, 5) is 19.7. The van der Waals surface area contributed by atoms with Crippen LogP contribution in [0.2, 0.25) is 5.02 Å². The molecule has 4 nitrogen and oxygen atoms in total. The van der Waals surface area contributed by atoms with E-state index in [1.807, 2.05) is 0 Å². The number of carbonyl (C=O) groups excluding carboxylic acids is 1. The number of carbonyl (C=O) groups is 1. The molecular formula is C12H8BrClN2O2. The first-order valence-electron chi connectivity index (χ1n) is 5.02. The van der Waals surface area contributed by atoms with Crippen LogP contribution in [-0.2, 0) is 0 Å². The minimum absolute atomic E-state index is 0.155. The molecule has 0 amide bonds. The van der Waals surface area contributed by atoms with Crippen molar-refractivity contribution in [2.75, 3.05) is 0 Å². The molecule has 1 aromatic heterocycles. The molecule has 0 aliphatic heterocycles. The van der Waals surface area contributed by atoms with Gasteiger partial charge in [0.05, 0.1) is 16.4 Å². The summed E-state index contributed by atoms with van der Waals surface area (Å²) in [5, 5.41) is 0.553. The monoisotopic (exact) mass is 326 g/mol. The molecule has 0 unspecified atom stereocenters. The largest absolute Gasteiger partial charge is 0.421 e. The lowest BCUT2D eigenvalue weighted by Crippen LogP contribution is -2.11. The normalized spacial score (nSPS) is 10.2. The second-order valence-corrected chi connectivity index (χ2v) is 4.80. The number of ether oxygens (including phenoxy) is 1. The zero-order valence-corrected chi connectivity index (χ0v) is 11.7. The molecule has 0 saturated carbocycles. The van der Waals surface area contributed by atoms with E-state index in [9.17, 15) is 4.79 Å². The second-order valence-electron chi connectivity index (χ2n) is 3.51. The average molecular weight is 328 g/mol. The van der Waals surface area contributed by atoms with Crippen molar-refractivity contribution in [3.63, 3.8) is 0 Å². The molecule has 0 bridgehead atoms. The summed E-state index contributed by atoms with van der Waals surface area (Å²) in [6, 6.07) is 4.88. The van der Waals surface area contributed by atoms with E-state index < -0.39 is 5.97 Å². The van der Waals surface area contributed by atoms with E-state index in [1.54, 1.807) is 25.1 Å². The van der Waals surface area contributed by atoms with E-state index in [1.165, 1.54) is 12.4 Å². The Hall–Kier alpha value is -1.46. The molecule has 0 aliphatic rings. The molecule has 0 fully saturated rings. The van der Waals surface area contributed by atoms with Gasteiger partial charge in [0.1, 0.15) is 5.75 Å². The molecule has 0 spiro atoms. The summed E-state index contributed by atoms with van der Waals surface area (Å²) < 4.78 is 5.78. The Morgan fingerprint density at radius 1 is 1.33 bits per heavy atom. The molecule has 18 heavy (non-hydrogen) atoms. The van der Waals surface area contributed by atoms with Crippen LogP contribution in [0.5, 0.6) is 5.75 Å². The summed E-state index contributed by atoms with van der Waals surface area (Å²) in [6.45, 7) is 1.79. The third kappa shape index (κ3) is 3.05. The molecule has 1 aromatic carbocycles. The van der Waals surface area contributed by atoms with E-state index in [2.05, 4.69) is 25.9 Å². The topological polar surface area (TPSA) is 52.1 Å². The van der Waals surface area contributed by atoms with Gasteiger partial charge in [0.25, 0.3) is 0 Å². The minimum atomic E-state index is -0.564. The third-order valence-corrected chi connectivity index (χ3v) is 2.94. The first-order valence-corrected chi connectivity index (χ1v) is 6.19. The fourth-order valence-corrected chi connectivity index (χ4v) is 1.97. The summed E-state index contributed by atoms with van der Waals surface area (Å²) in [6.07, 6.45) is 2.88. The maximum absolute atomic E-state index is 11.8. The van der Waals surface area contributed by atoms with Crippen LogP contribution in [0.15, 0.2) is 35.1 Å². The van der Waals surface area contributed by atoms with Crippen LogP contribution in [0.25, 0.3) is 0 Å². The zero-order valence-electron chi connectivity index (χ0n) is 9.35. The number of halogens is 2. The summed E-state index contributed by atoms with van der Waals surface area (Å²) in [5.41, 5.74) is 0.890. The predicted molar refractivity (Wildman–Crippen MR) is 70.9 cm³/mol. The molecule has 0 saturated heterocycles. The summed E-state index contributed by atoms with van der Waals surface area (Å²) in [7, 11) is 0. The van der Waals surface area contributed by atoms with Gasteiger partial charge in [-0.05, 0) is 41.1 Å². The highest BCUT2D eigenvalue weighted by Gasteiger charge is 2.12. The fraction of sp³-hybridized carbons (Fsp3) is 0.0833. The van der Waals surface area contributed by atoms with Gasteiger partial charge in [-0.25, -0.2) is 9.78 Å². The average Bonchev–Trinajstić information content (AvgIpc) is 2.33. The molecule has 6 heteroatoms. The van der Waals surface area contributed by atoms with Gasteiger partial charge < -0.3 is 4.74 Å². The summed E-state index contributed by atoms with van der Waals surface area (Å²) >= 11 is 9.06. The van der Waals surface area contributed by atoms with Gasteiger partial charge in [-0.3, -0.25) is 4.98 Å². The number of hydrogen-bond donors (Lipinski definition) is 0. The zero-order chi connectivity index (χ0) is 13.1. The van der Waals surface area contributed by atoms with E-state index in [0.717, 1.165) is 5.69 Å². The maximum atomic E-state index is 11.8. The lowest BCUT2D eigenvalue weighted by molar-refractivity contribution is 0.0727. The van der Waals surface area contributed by atoms with Crippen molar-refractivity contribution in [3.05, 3.63) is 51.5 Å². The Labute approximate surface area is 117 Å². The van der Waals surface area contributed by atoms with Crippen LogP contribution in [0, 0.1) is 6.92 Å². The van der Waals surface area contributed by atoms with Crippen molar-refractivity contribution >= 4 is 33.5 Å². The van der Waals surface area contributed by atoms with Gasteiger partial charge in [0, 0.05) is 11.2 Å². The van der Waals surface area contributed by atoms with Crippen LogP contribution in [0.1, 0.15) is 16.2 Å². The van der Waals surface area contributed by atoms with Crippen LogP contribution in [-0.4, -0.2) is 15.9 Å². The number of rotatable bonds is 2. The van der Waals surface area contributed by atoms with Crippen LogP contribution in [0.4, 0.5) is 0 Å². The van der Waals surface area contributed by atoms with Crippen LogP contribution < -0.4 is 4.74 Å². The first-order chi connectivity index (χ1) is 8.56. The molecule has 0 atom stereocenters. The van der Waals surface area contributed by atoms with E-state index >= 15 is 0 Å². The van der Waals surface area contributed by atoms with Gasteiger partial charge in [0.2, 0.25) is 0 Å². The summed E-state index contributed by atoms with van der Waals surface area (Å²) in [5.74, 6) is -0.183. The van der Waals surface area contributed by atoms with Gasteiger partial charge in [-0.1, -0.05) is 11.6 Å². The highest BCUT2D eigenvalue weighted by atomic mass is 79.9. The van der Waals surface area contributed by atoms with E-state index in [4.69, 9.17) is 16.3 Å².